The molecule has 0 saturated carbocycles. The highest BCUT2D eigenvalue weighted by molar-refractivity contribution is 7.99. The Morgan fingerprint density at radius 3 is 3.13 bits per heavy atom. The van der Waals surface area contributed by atoms with E-state index in [0.717, 1.165) is 12.2 Å². The zero-order valence-corrected chi connectivity index (χ0v) is 9.00. The van der Waals surface area contributed by atoms with Gasteiger partial charge in [-0.15, -0.1) is 0 Å². The molecule has 1 fully saturated rings. The minimum absolute atomic E-state index is 0.190. The molecule has 1 atom stereocenters. The van der Waals surface area contributed by atoms with E-state index in [4.69, 9.17) is 9.63 Å². The van der Waals surface area contributed by atoms with Gasteiger partial charge in [0.2, 0.25) is 5.89 Å². The molecule has 1 aromatic rings. The molecule has 0 spiro atoms. The van der Waals surface area contributed by atoms with Crippen LogP contribution in [0.1, 0.15) is 36.2 Å². The van der Waals surface area contributed by atoms with E-state index in [-0.39, 0.29) is 17.6 Å². The molecule has 2 heterocycles. The van der Waals surface area contributed by atoms with Crippen LogP contribution in [0.5, 0.6) is 0 Å². The Bertz CT molecular complexity index is 347. The summed E-state index contributed by atoms with van der Waals surface area (Å²) in [5, 5.41) is 12.7. The molecule has 15 heavy (non-hydrogen) atoms. The van der Waals surface area contributed by atoms with Crippen LogP contribution >= 0.6 is 11.8 Å². The van der Waals surface area contributed by atoms with Gasteiger partial charge in [-0.25, -0.2) is 0 Å². The molecule has 1 aromatic heterocycles. The minimum Gasteiger partial charge on any atom is -0.481 e. The van der Waals surface area contributed by atoms with Gasteiger partial charge in [0, 0.05) is 0 Å². The lowest BCUT2D eigenvalue weighted by molar-refractivity contribution is -0.136. The monoisotopic (exact) mass is 228 g/mol. The Labute approximate surface area is 91.2 Å². The summed E-state index contributed by atoms with van der Waals surface area (Å²) in [5.41, 5.74) is 0. The quantitative estimate of drug-likeness (QED) is 0.847. The van der Waals surface area contributed by atoms with Crippen LogP contribution in [-0.2, 0) is 11.2 Å². The second-order valence-corrected chi connectivity index (χ2v) is 4.78. The fourth-order valence-corrected chi connectivity index (χ4v) is 2.78. The number of nitrogens with zero attached hydrogens (tertiary/aromatic N) is 2. The Morgan fingerprint density at radius 1 is 1.60 bits per heavy atom. The summed E-state index contributed by atoms with van der Waals surface area (Å²) < 4.78 is 4.87. The van der Waals surface area contributed by atoms with Crippen LogP contribution in [0, 0.1) is 0 Å². The molecular formula is C9H12N2O3S. The molecule has 0 amide bonds. The highest BCUT2D eigenvalue weighted by Crippen LogP contribution is 2.36. The third kappa shape index (κ3) is 2.71. The number of hydrogen-bond donors (Lipinski definition) is 1. The average molecular weight is 228 g/mol. The highest BCUT2D eigenvalue weighted by atomic mass is 32.2. The first-order valence-corrected chi connectivity index (χ1v) is 5.96. The SMILES string of the molecule is O=C(O)Cc1nc(C2CCCCS2)no1. The van der Waals surface area contributed by atoms with E-state index < -0.39 is 5.97 Å². The topological polar surface area (TPSA) is 76.2 Å². The van der Waals surface area contributed by atoms with Crippen molar-refractivity contribution >= 4 is 17.7 Å². The Hall–Kier alpha value is -1.04. The van der Waals surface area contributed by atoms with Crippen LogP contribution in [0.4, 0.5) is 0 Å². The van der Waals surface area contributed by atoms with Gasteiger partial charge in [-0.1, -0.05) is 11.6 Å². The first-order valence-electron chi connectivity index (χ1n) is 4.91. The van der Waals surface area contributed by atoms with Gasteiger partial charge in [-0.2, -0.15) is 16.7 Å². The maximum atomic E-state index is 10.4. The normalized spacial score (nSPS) is 21.5. The number of rotatable bonds is 3. The maximum Gasteiger partial charge on any atom is 0.312 e. The molecule has 5 nitrogen and oxygen atoms in total. The zero-order valence-electron chi connectivity index (χ0n) is 8.18. The molecule has 0 aliphatic carbocycles. The van der Waals surface area contributed by atoms with Crippen molar-refractivity contribution in [2.24, 2.45) is 0 Å². The van der Waals surface area contributed by atoms with Crippen LogP contribution in [0.25, 0.3) is 0 Å². The van der Waals surface area contributed by atoms with Crippen LogP contribution < -0.4 is 0 Å². The first kappa shape index (κ1) is 10.5. The maximum absolute atomic E-state index is 10.4. The Balaban J connectivity index is 2.02. The van der Waals surface area contributed by atoms with Crippen LogP contribution in [0.3, 0.4) is 0 Å². The lowest BCUT2D eigenvalue weighted by Crippen LogP contribution is -2.04. The predicted octanol–water partition coefficient (Wildman–Crippen LogP) is 1.65. The van der Waals surface area contributed by atoms with Gasteiger partial charge in [-0.05, 0) is 18.6 Å². The van der Waals surface area contributed by atoms with Gasteiger partial charge < -0.3 is 9.63 Å². The Morgan fingerprint density at radius 2 is 2.47 bits per heavy atom. The molecule has 0 aromatic carbocycles. The van der Waals surface area contributed by atoms with Crippen molar-refractivity contribution in [1.82, 2.24) is 10.1 Å². The zero-order chi connectivity index (χ0) is 10.7. The van der Waals surface area contributed by atoms with Crippen molar-refractivity contribution in [1.29, 1.82) is 0 Å². The summed E-state index contributed by atoms with van der Waals surface area (Å²) in [7, 11) is 0. The van der Waals surface area contributed by atoms with Crippen LogP contribution in [-0.4, -0.2) is 27.0 Å². The molecule has 2 rings (SSSR count). The number of carbonyl (C=O) groups is 1. The van der Waals surface area contributed by atoms with Crippen molar-refractivity contribution in [2.45, 2.75) is 30.9 Å². The lowest BCUT2D eigenvalue weighted by Gasteiger charge is -2.17. The summed E-state index contributed by atoms with van der Waals surface area (Å²) in [6.45, 7) is 0. The summed E-state index contributed by atoms with van der Waals surface area (Å²) in [6.07, 6.45) is 3.28. The van der Waals surface area contributed by atoms with Gasteiger partial charge in [0.05, 0.1) is 5.25 Å². The summed E-state index contributed by atoms with van der Waals surface area (Å²) in [5.74, 6) is 1.02. The van der Waals surface area contributed by atoms with E-state index in [1.807, 2.05) is 11.8 Å². The van der Waals surface area contributed by atoms with Crippen molar-refractivity contribution < 1.29 is 14.4 Å². The molecule has 0 radical (unpaired) electrons. The van der Waals surface area contributed by atoms with E-state index in [2.05, 4.69) is 10.1 Å². The number of carboxylic acid groups (broad SMARTS) is 1. The largest absolute Gasteiger partial charge is 0.481 e. The second-order valence-electron chi connectivity index (χ2n) is 3.47. The van der Waals surface area contributed by atoms with E-state index >= 15 is 0 Å². The van der Waals surface area contributed by atoms with Crippen molar-refractivity contribution in [3.8, 4) is 0 Å². The fraction of sp³-hybridized carbons (Fsp3) is 0.667. The van der Waals surface area contributed by atoms with E-state index in [1.165, 1.54) is 12.8 Å². The predicted molar refractivity (Wildman–Crippen MR) is 54.7 cm³/mol. The molecule has 1 aliphatic heterocycles. The molecule has 82 valence electrons. The van der Waals surface area contributed by atoms with Crippen molar-refractivity contribution in [3.63, 3.8) is 0 Å². The van der Waals surface area contributed by atoms with Gasteiger partial charge in [0.25, 0.3) is 0 Å². The third-order valence-electron chi connectivity index (χ3n) is 2.25. The summed E-state index contributed by atoms with van der Waals surface area (Å²) in [6, 6.07) is 0. The fourth-order valence-electron chi connectivity index (χ4n) is 1.54. The molecule has 1 unspecified atom stereocenters. The minimum atomic E-state index is -0.943. The van der Waals surface area contributed by atoms with Crippen molar-refractivity contribution in [2.75, 3.05) is 5.75 Å². The molecule has 1 N–H and O–H groups in total. The number of aromatic nitrogens is 2. The molecule has 6 heteroatoms. The van der Waals surface area contributed by atoms with E-state index in [9.17, 15) is 4.79 Å². The highest BCUT2D eigenvalue weighted by Gasteiger charge is 2.21. The van der Waals surface area contributed by atoms with E-state index in [0.29, 0.717) is 5.82 Å². The number of thioether (sulfide) groups is 1. The number of aliphatic carboxylic acids is 1. The Kier molecular flexibility index (Phi) is 3.25. The van der Waals surface area contributed by atoms with Gasteiger partial charge in [-0.3, -0.25) is 4.79 Å². The summed E-state index contributed by atoms with van der Waals surface area (Å²) >= 11 is 1.82. The van der Waals surface area contributed by atoms with E-state index in [1.54, 1.807) is 0 Å². The smallest absolute Gasteiger partial charge is 0.312 e. The number of carboxylic acids is 1. The molecule has 1 saturated heterocycles. The standard InChI is InChI=1S/C9H12N2O3S/c12-8(13)5-7-10-9(11-14-7)6-3-1-2-4-15-6/h6H,1-5H2,(H,12,13). The van der Waals surface area contributed by atoms with Crippen LogP contribution in [0.15, 0.2) is 4.52 Å². The molecule has 0 bridgehead atoms. The second kappa shape index (κ2) is 4.65. The van der Waals surface area contributed by atoms with Gasteiger partial charge in [0.15, 0.2) is 5.82 Å². The van der Waals surface area contributed by atoms with Crippen LogP contribution in [0.2, 0.25) is 0 Å². The number of hydrogen-bond acceptors (Lipinski definition) is 5. The summed E-state index contributed by atoms with van der Waals surface area (Å²) in [4.78, 5) is 14.5. The van der Waals surface area contributed by atoms with Gasteiger partial charge in [0.1, 0.15) is 6.42 Å². The molecular weight excluding hydrogens is 216 g/mol. The first-order chi connectivity index (χ1) is 7.25. The average Bonchev–Trinajstić information content (AvgIpc) is 2.67. The molecule has 1 aliphatic rings. The van der Waals surface area contributed by atoms with Gasteiger partial charge >= 0.3 is 5.97 Å². The lowest BCUT2D eigenvalue weighted by atomic mass is 10.2. The third-order valence-corrected chi connectivity index (χ3v) is 3.63. The van der Waals surface area contributed by atoms with Crippen molar-refractivity contribution in [3.05, 3.63) is 11.7 Å².